The standard InChI is InChI=1S/C14H19ClN2O/c1-10-8-11(15)4-5-12(10)13(18)17-7-6-16-14(2,3)9-17/h4-5,8,16H,6-7,9H2,1-3H3. The molecule has 0 aromatic heterocycles. The Bertz CT molecular complexity index is 471. The van der Waals surface area contributed by atoms with Crippen molar-refractivity contribution < 1.29 is 4.79 Å². The molecule has 1 heterocycles. The summed E-state index contributed by atoms with van der Waals surface area (Å²) in [6, 6.07) is 5.42. The second kappa shape index (κ2) is 4.90. The molecule has 0 aliphatic carbocycles. The molecule has 3 nitrogen and oxygen atoms in total. The molecule has 0 bridgehead atoms. The Hall–Kier alpha value is -1.06. The number of piperazine rings is 1. The van der Waals surface area contributed by atoms with Crippen LogP contribution in [0.25, 0.3) is 0 Å². The second-order valence-electron chi connectivity index (χ2n) is 5.50. The van der Waals surface area contributed by atoms with Gasteiger partial charge in [0.15, 0.2) is 0 Å². The van der Waals surface area contributed by atoms with Crippen LogP contribution in [0.15, 0.2) is 18.2 Å². The minimum absolute atomic E-state index is 0.0196. The molecule has 0 radical (unpaired) electrons. The van der Waals surface area contributed by atoms with Gasteiger partial charge in [0.1, 0.15) is 0 Å². The van der Waals surface area contributed by atoms with E-state index in [0.29, 0.717) is 5.02 Å². The van der Waals surface area contributed by atoms with Crippen LogP contribution in [0.2, 0.25) is 5.02 Å². The van der Waals surface area contributed by atoms with Crippen LogP contribution in [-0.2, 0) is 0 Å². The SMILES string of the molecule is Cc1cc(Cl)ccc1C(=O)N1CCNC(C)(C)C1. The largest absolute Gasteiger partial charge is 0.336 e. The van der Waals surface area contributed by atoms with Crippen molar-refractivity contribution in [3.63, 3.8) is 0 Å². The number of carbonyl (C=O) groups is 1. The van der Waals surface area contributed by atoms with E-state index in [1.807, 2.05) is 24.0 Å². The monoisotopic (exact) mass is 266 g/mol. The summed E-state index contributed by atoms with van der Waals surface area (Å²) in [7, 11) is 0. The Morgan fingerprint density at radius 1 is 1.44 bits per heavy atom. The molecule has 1 aliphatic heterocycles. The molecular weight excluding hydrogens is 248 g/mol. The van der Waals surface area contributed by atoms with E-state index in [1.54, 1.807) is 6.07 Å². The van der Waals surface area contributed by atoms with E-state index in [-0.39, 0.29) is 11.4 Å². The molecule has 4 heteroatoms. The fraction of sp³-hybridized carbons (Fsp3) is 0.500. The van der Waals surface area contributed by atoms with Gasteiger partial charge in [0.25, 0.3) is 5.91 Å². The third kappa shape index (κ3) is 2.85. The number of carbonyl (C=O) groups excluding carboxylic acids is 1. The summed E-state index contributed by atoms with van der Waals surface area (Å²) >= 11 is 5.92. The van der Waals surface area contributed by atoms with Crippen LogP contribution in [0.5, 0.6) is 0 Å². The van der Waals surface area contributed by atoms with E-state index in [2.05, 4.69) is 19.2 Å². The smallest absolute Gasteiger partial charge is 0.254 e. The third-order valence-corrected chi connectivity index (χ3v) is 3.51. The van der Waals surface area contributed by atoms with Crippen molar-refractivity contribution in [2.75, 3.05) is 19.6 Å². The van der Waals surface area contributed by atoms with Crippen LogP contribution in [0.1, 0.15) is 29.8 Å². The average molecular weight is 267 g/mol. The first kappa shape index (κ1) is 13.4. The van der Waals surface area contributed by atoms with E-state index in [4.69, 9.17) is 11.6 Å². The molecule has 1 fully saturated rings. The zero-order chi connectivity index (χ0) is 13.3. The van der Waals surface area contributed by atoms with Gasteiger partial charge >= 0.3 is 0 Å². The minimum Gasteiger partial charge on any atom is -0.336 e. The molecule has 98 valence electrons. The first-order chi connectivity index (χ1) is 8.39. The third-order valence-electron chi connectivity index (χ3n) is 3.28. The van der Waals surface area contributed by atoms with Crippen LogP contribution in [0, 0.1) is 6.92 Å². The highest BCUT2D eigenvalue weighted by atomic mass is 35.5. The van der Waals surface area contributed by atoms with Crippen molar-refractivity contribution in [3.05, 3.63) is 34.3 Å². The molecule has 1 saturated heterocycles. The number of amides is 1. The maximum absolute atomic E-state index is 12.5. The van der Waals surface area contributed by atoms with Crippen LogP contribution in [0.3, 0.4) is 0 Å². The normalized spacial score (nSPS) is 18.8. The van der Waals surface area contributed by atoms with E-state index >= 15 is 0 Å². The lowest BCUT2D eigenvalue weighted by Gasteiger charge is -2.39. The molecule has 0 unspecified atom stereocenters. The van der Waals surface area contributed by atoms with Gasteiger partial charge in [0, 0.05) is 35.8 Å². The zero-order valence-electron chi connectivity index (χ0n) is 11.1. The molecule has 1 aromatic carbocycles. The van der Waals surface area contributed by atoms with Gasteiger partial charge in [-0.1, -0.05) is 11.6 Å². The van der Waals surface area contributed by atoms with Crippen LogP contribution >= 0.6 is 11.6 Å². The highest BCUT2D eigenvalue weighted by Crippen LogP contribution is 2.19. The van der Waals surface area contributed by atoms with Crippen molar-refractivity contribution >= 4 is 17.5 Å². The Morgan fingerprint density at radius 2 is 2.17 bits per heavy atom. The predicted molar refractivity (Wildman–Crippen MR) is 74.2 cm³/mol. The average Bonchev–Trinajstić information content (AvgIpc) is 2.27. The number of hydrogen-bond acceptors (Lipinski definition) is 2. The summed E-state index contributed by atoms with van der Waals surface area (Å²) in [4.78, 5) is 14.4. The molecule has 1 N–H and O–H groups in total. The number of aryl methyl sites for hydroxylation is 1. The minimum atomic E-state index is -0.0196. The van der Waals surface area contributed by atoms with Gasteiger partial charge in [-0.3, -0.25) is 4.79 Å². The summed E-state index contributed by atoms with van der Waals surface area (Å²) in [5.74, 6) is 0.0961. The molecule has 1 aromatic rings. The fourth-order valence-corrected chi connectivity index (χ4v) is 2.58. The van der Waals surface area contributed by atoms with Crippen LogP contribution in [0.4, 0.5) is 0 Å². The fourth-order valence-electron chi connectivity index (χ4n) is 2.35. The second-order valence-corrected chi connectivity index (χ2v) is 5.93. The quantitative estimate of drug-likeness (QED) is 0.847. The van der Waals surface area contributed by atoms with Gasteiger partial charge < -0.3 is 10.2 Å². The highest BCUT2D eigenvalue weighted by molar-refractivity contribution is 6.30. The number of hydrogen-bond donors (Lipinski definition) is 1. The van der Waals surface area contributed by atoms with Crippen molar-refractivity contribution in [1.82, 2.24) is 10.2 Å². The Balaban J connectivity index is 2.20. The van der Waals surface area contributed by atoms with Crippen LogP contribution < -0.4 is 5.32 Å². The molecule has 2 rings (SSSR count). The summed E-state index contributed by atoms with van der Waals surface area (Å²) in [6.45, 7) is 8.47. The number of benzene rings is 1. The molecular formula is C14H19ClN2O. The maximum Gasteiger partial charge on any atom is 0.254 e. The van der Waals surface area contributed by atoms with E-state index in [0.717, 1.165) is 30.8 Å². The topological polar surface area (TPSA) is 32.3 Å². The lowest BCUT2D eigenvalue weighted by atomic mass is 10.0. The summed E-state index contributed by atoms with van der Waals surface area (Å²) in [6.07, 6.45) is 0. The van der Waals surface area contributed by atoms with Crippen molar-refractivity contribution in [3.8, 4) is 0 Å². The van der Waals surface area contributed by atoms with E-state index in [1.165, 1.54) is 0 Å². The molecule has 0 atom stereocenters. The molecule has 0 spiro atoms. The van der Waals surface area contributed by atoms with Gasteiger partial charge in [-0.05, 0) is 44.5 Å². The number of rotatable bonds is 1. The molecule has 1 aliphatic rings. The van der Waals surface area contributed by atoms with Crippen molar-refractivity contribution in [2.45, 2.75) is 26.3 Å². The molecule has 1 amide bonds. The van der Waals surface area contributed by atoms with Gasteiger partial charge in [0.05, 0.1) is 0 Å². The van der Waals surface area contributed by atoms with Crippen LogP contribution in [-0.4, -0.2) is 36.0 Å². The zero-order valence-corrected chi connectivity index (χ0v) is 11.8. The van der Waals surface area contributed by atoms with Gasteiger partial charge in [-0.25, -0.2) is 0 Å². The predicted octanol–water partition coefficient (Wildman–Crippen LogP) is 2.47. The Labute approximate surface area is 113 Å². The Morgan fingerprint density at radius 3 is 2.78 bits per heavy atom. The lowest BCUT2D eigenvalue weighted by molar-refractivity contribution is 0.0651. The first-order valence-electron chi connectivity index (χ1n) is 6.19. The Kier molecular flexibility index (Phi) is 3.64. The number of halogens is 1. The summed E-state index contributed by atoms with van der Waals surface area (Å²) < 4.78 is 0. The van der Waals surface area contributed by atoms with E-state index < -0.39 is 0 Å². The van der Waals surface area contributed by atoms with Crippen molar-refractivity contribution in [1.29, 1.82) is 0 Å². The maximum atomic E-state index is 12.5. The molecule has 0 saturated carbocycles. The summed E-state index contributed by atoms with van der Waals surface area (Å²) in [5.41, 5.74) is 1.66. The number of nitrogens with zero attached hydrogens (tertiary/aromatic N) is 1. The van der Waals surface area contributed by atoms with Gasteiger partial charge in [0.2, 0.25) is 0 Å². The lowest BCUT2D eigenvalue weighted by Crippen LogP contribution is -2.58. The highest BCUT2D eigenvalue weighted by Gasteiger charge is 2.29. The van der Waals surface area contributed by atoms with Crippen molar-refractivity contribution in [2.24, 2.45) is 0 Å². The molecule has 18 heavy (non-hydrogen) atoms. The first-order valence-corrected chi connectivity index (χ1v) is 6.57. The van der Waals surface area contributed by atoms with E-state index in [9.17, 15) is 4.79 Å². The van der Waals surface area contributed by atoms with Gasteiger partial charge in [-0.2, -0.15) is 0 Å². The number of nitrogens with one attached hydrogen (secondary N) is 1. The van der Waals surface area contributed by atoms with Gasteiger partial charge in [-0.15, -0.1) is 0 Å². The summed E-state index contributed by atoms with van der Waals surface area (Å²) in [5, 5.41) is 4.07.